The first kappa shape index (κ1) is 21.0. The van der Waals surface area contributed by atoms with Crippen molar-refractivity contribution in [2.75, 3.05) is 0 Å². The number of thioether (sulfide) groups is 1. The third kappa shape index (κ3) is 4.64. The van der Waals surface area contributed by atoms with Gasteiger partial charge in [-0.15, -0.1) is 29.7 Å². The molecule has 3 unspecified atom stereocenters. The highest BCUT2D eigenvalue weighted by molar-refractivity contribution is 9.11. The average Bonchev–Trinajstić information content (AvgIpc) is 3.23. The summed E-state index contributed by atoms with van der Waals surface area (Å²) in [5.41, 5.74) is 2.94. The smallest absolute Gasteiger partial charge is 0.0726 e. The normalized spacial score (nSPS) is 19.0. The van der Waals surface area contributed by atoms with E-state index >= 15 is 0 Å². The van der Waals surface area contributed by atoms with Gasteiger partial charge in [-0.2, -0.15) is 0 Å². The molecule has 3 atom stereocenters. The number of halogens is 2. The van der Waals surface area contributed by atoms with Gasteiger partial charge in [-0.05, 0) is 40.3 Å². The maximum Gasteiger partial charge on any atom is 0.0726 e. The van der Waals surface area contributed by atoms with Crippen LogP contribution in [0.15, 0.2) is 27.4 Å². The molecule has 3 heterocycles. The molecule has 0 bridgehead atoms. The number of aromatic nitrogens is 1. The maximum atomic E-state index is 4.15. The first-order chi connectivity index (χ1) is 12.5. The molecule has 1 nitrogen and oxygen atoms in total. The van der Waals surface area contributed by atoms with Crippen LogP contribution in [0.4, 0.5) is 0 Å². The lowest BCUT2D eigenvalue weighted by Crippen LogP contribution is -2.17. The molecule has 2 aromatic rings. The van der Waals surface area contributed by atoms with E-state index < -0.39 is 0 Å². The average molecular weight is 519 g/mol. The monoisotopic (exact) mass is 517 g/mol. The molecule has 144 valence electrons. The van der Waals surface area contributed by atoms with Crippen molar-refractivity contribution in [2.24, 2.45) is 11.8 Å². The van der Waals surface area contributed by atoms with Gasteiger partial charge in [-0.3, -0.25) is 0 Å². The molecule has 0 saturated heterocycles. The van der Waals surface area contributed by atoms with Crippen LogP contribution >= 0.6 is 55.0 Å². The van der Waals surface area contributed by atoms with Crippen molar-refractivity contribution in [3.63, 3.8) is 0 Å². The van der Waals surface area contributed by atoms with Crippen molar-refractivity contribution in [1.29, 1.82) is 0 Å². The van der Waals surface area contributed by atoms with Gasteiger partial charge in [0.15, 0.2) is 0 Å². The Morgan fingerprint density at radius 2 is 2.12 bits per heavy atom. The van der Waals surface area contributed by atoms with Gasteiger partial charge in [0.1, 0.15) is 0 Å². The summed E-state index contributed by atoms with van der Waals surface area (Å²) in [6, 6.07) is 2.31. The quantitative estimate of drug-likeness (QED) is 0.173. The number of alkyl halides is 1. The van der Waals surface area contributed by atoms with E-state index in [1.165, 1.54) is 63.1 Å². The van der Waals surface area contributed by atoms with E-state index in [2.05, 4.69) is 69.0 Å². The Bertz CT molecular complexity index is 749. The van der Waals surface area contributed by atoms with Crippen molar-refractivity contribution in [3.8, 4) is 0 Å². The Balaban J connectivity index is 1.71. The third-order valence-electron chi connectivity index (χ3n) is 5.51. The molecule has 0 spiro atoms. The first-order valence-corrected chi connectivity index (χ1v) is 13.2. The van der Waals surface area contributed by atoms with Crippen LogP contribution in [-0.4, -0.2) is 8.73 Å². The lowest BCUT2D eigenvalue weighted by Gasteiger charge is -2.23. The van der Waals surface area contributed by atoms with Crippen LogP contribution < -0.4 is 0 Å². The van der Waals surface area contributed by atoms with Gasteiger partial charge >= 0.3 is 0 Å². The van der Waals surface area contributed by atoms with E-state index in [0.29, 0.717) is 16.0 Å². The second kappa shape index (κ2) is 9.67. The molecule has 0 fully saturated rings. The molecular formula is C21H29Br2NS2. The molecular weight excluding hydrogens is 490 g/mol. The summed E-state index contributed by atoms with van der Waals surface area (Å²) in [7, 11) is 0. The van der Waals surface area contributed by atoms with Gasteiger partial charge in [0.2, 0.25) is 0 Å². The van der Waals surface area contributed by atoms with E-state index in [-0.39, 0.29) is 0 Å². The summed E-state index contributed by atoms with van der Waals surface area (Å²) < 4.78 is 5.81. The van der Waals surface area contributed by atoms with Crippen molar-refractivity contribution in [3.05, 3.63) is 28.2 Å². The van der Waals surface area contributed by atoms with Gasteiger partial charge in [-0.1, -0.05) is 68.0 Å². The molecule has 0 aromatic carbocycles. The zero-order valence-electron chi connectivity index (χ0n) is 15.8. The van der Waals surface area contributed by atoms with Crippen molar-refractivity contribution >= 4 is 65.2 Å². The Hall–Kier alpha value is 0.290. The van der Waals surface area contributed by atoms with E-state index in [1.54, 1.807) is 0 Å². The fraction of sp³-hybridized carbons (Fsp3) is 0.619. The van der Waals surface area contributed by atoms with Crippen LogP contribution in [0.1, 0.15) is 58.1 Å². The predicted octanol–water partition coefficient (Wildman–Crippen LogP) is 8.63. The second-order valence-corrected chi connectivity index (χ2v) is 12.8. The fourth-order valence-corrected chi connectivity index (χ4v) is 7.74. The molecule has 0 radical (unpaired) electrons. The van der Waals surface area contributed by atoms with Gasteiger partial charge in [0, 0.05) is 23.6 Å². The maximum absolute atomic E-state index is 4.15. The van der Waals surface area contributed by atoms with Crippen molar-refractivity contribution in [2.45, 2.75) is 74.4 Å². The van der Waals surface area contributed by atoms with Gasteiger partial charge in [0.25, 0.3) is 0 Å². The Labute approximate surface area is 183 Å². The third-order valence-corrected chi connectivity index (χ3v) is 9.27. The summed E-state index contributed by atoms with van der Waals surface area (Å²) in [5.74, 6) is 1.23. The molecule has 0 aliphatic carbocycles. The summed E-state index contributed by atoms with van der Waals surface area (Å²) in [6.45, 7) is 9.94. The minimum atomic E-state index is 0.521. The minimum absolute atomic E-state index is 0.521. The lowest BCUT2D eigenvalue weighted by molar-refractivity contribution is 0.346. The number of unbranched alkanes of at least 4 members (excludes halogenated alkanes) is 4. The molecule has 0 amide bonds. The van der Waals surface area contributed by atoms with Crippen LogP contribution in [0.2, 0.25) is 0 Å². The van der Waals surface area contributed by atoms with Gasteiger partial charge in [0.05, 0.1) is 18.2 Å². The fourth-order valence-electron chi connectivity index (χ4n) is 4.01. The molecule has 26 heavy (non-hydrogen) atoms. The van der Waals surface area contributed by atoms with Gasteiger partial charge in [-0.25, -0.2) is 0 Å². The highest BCUT2D eigenvalue weighted by Crippen LogP contribution is 2.49. The van der Waals surface area contributed by atoms with Gasteiger partial charge < -0.3 is 4.57 Å². The topological polar surface area (TPSA) is 4.93 Å². The summed E-state index contributed by atoms with van der Waals surface area (Å²) in [5, 5.41) is 0. The highest BCUT2D eigenvalue weighted by Gasteiger charge is 2.30. The van der Waals surface area contributed by atoms with E-state index in [9.17, 15) is 0 Å². The molecule has 1 aliphatic rings. The Kier molecular flexibility index (Phi) is 7.81. The predicted molar refractivity (Wildman–Crippen MR) is 126 cm³/mol. The van der Waals surface area contributed by atoms with E-state index in [1.807, 2.05) is 23.1 Å². The standard InChI is InChI=1S/C21H29Br2NS2/c1-4-6-7-8-9-10-15(5-2)14(3)13-24-16-11-18(22)25-20(16)21-17(24)12-19(23)26-21/h5,11,14-15,19H,2,4,6-10,12-13H2,1,3H3. The largest absolute Gasteiger partial charge is 0.342 e. The zero-order valence-corrected chi connectivity index (χ0v) is 20.6. The van der Waals surface area contributed by atoms with Crippen LogP contribution in [0.25, 0.3) is 10.2 Å². The van der Waals surface area contributed by atoms with Crippen LogP contribution in [0, 0.1) is 11.8 Å². The molecule has 0 saturated carbocycles. The Morgan fingerprint density at radius 1 is 1.35 bits per heavy atom. The van der Waals surface area contributed by atoms with E-state index in [0.717, 1.165) is 13.0 Å². The number of allylic oxidation sites excluding steroid dienone is 1. The van der Waals surface area contributed by atoms with E-state index in [4.69, 9.17) is 0 Å². The zero-order chi connectivity index (χ0) is 18.7. The number of nitrogens with zero attached hydrogens (tertiary/aromatic N) is 1. The second-order valence-electron chi connectivity index (χ2n) is 7.46. The van der Waals surface area contributed by atoms with Crippen LogP contribution in [0.3, 0.4) is 0 Å². The number of rotatable bonds is 10. The van der Waals surface area contributed by atoms with Crippen molar-refractivity contribution in [1.82, 2.24) is 4.57 Å². The number of fused-ring (bicyclic) bond motifs is 3. The Morgan fingerprint density at radius 3 is 2.85 bits per heavy atom. The molecule has 5 heteroatoms. The number of hydrogen-bond acceptors (Lipinski definition) is 2. The molecule has 0 N–H and O–H groups in total. The summed E-state index contributed by atoms with van der Waals surface area (Å²) >= 11 is 11.4. The van der Waals surface area contributed by atoms with Crippen molar-refractivity contribution < 1.29 is 0 Å². The van der Waals surface area contributed by atoms with Crippen LogP contribution in [0.5, 0.6) is 0 Å². The summed E-state index contributed by atoms with van der Waals surface area (Å²) in [6.07, 6.45) is 11.4. The molecule has 1 aliphatic heterocycles. The number of hydrogen-bond donors (Lipinski definition) is 0. The van der Waals surface area contributed by atoms with Crippen LogP contribution in [-0.2, 0) is 13.0 Å². The number of thiophene rings is 1. The first-order valence-electron chi connectivity index (χ1n) is 9.78. The molecule has 3 rings (SSSR count). The summed E-state index contributed by atoms with van der Waals surface area (Å²) in [4.78, 5) is 1.50. The minimum Gasteiger partial charge on any atom is -0.342 e. The molecule has 2 aromatic heterocycles. The highest BCUT2D eigenvalue weighted by atomic mass is 79.9. The SMILES string of the molecule is C=CC(CCCCCCC)C(C)Cn1c2c(c3sc(Br)cc31)SC(Br)C2. The lowest BCUT2D eigenvalue weighted by atomic mass is 9.88.